The molecule has 2 N–H and O–H groups in total. The fraction of sp³-hybridized carbons (Fsp3) is 0.250. The van der Waals surface area contributed by atoms with E-state index in [0.717, 1.165) is 28.2 Å². The van der Waals surface area contributed by atoms with E-state index < -0.39 is 0 Å². The number of nitrogen functional groups attached to an aromatic ring is 1. The van der Waals surface area contributed by atoms with Crippen molar-refractivity contribution in [1.82, 2.24) is 8.94 Å². The Morgan fingerprint density at radius 3 is 2.59 bits per heavy atom. The van der Waals surface area contributed by atoms with Crippen LogP contribution in [0.2, 0.25) is 0 Å². The van der Waals surface area contributed by atoms with E-state index in [-0.39, 0.29) is 18.5 Å². The molecule has 0 spiro atoms. The summed E-state index contributed by atoms with van der Waals surface area (Å²) in [7, 11) is 1.70. The minimum absolute atomic E-state index is 0.00838. The molecule has 0 aliphatic carbocycles. The molecule has 1 unspecified atom stereocenters. The van der Waals surface area contributed by atoms with Gasteiger partial charge in [-0.2, -0.15) is 10.1 Å². The van der Waals surface area contributed by atoms with Crippen LogP contribution in [-0.4, -0.2) is 27.5 Å². The zero-order chi connectivity index (χ0) is 20.1. The van der Waals surface area contributed by atoms with E-state index in [1.165, 1.54) is 15.5 Å². The molecule has 0 fully saturated rings. The fourth-order valence-corrected chi connectivity index (χ4v) is 4.34. The molecule has 2 aliphatic rings. The molecule has 0 radical (unpaired) electrons. The van der Waals surface area contributed by atoms with Crippen molar-refractivity contribution in [3.63, 3.8) is 0 Å². The predicted molar refractivity (Wildman–Crippen MR) is 112 cm³/mol. The summed E-state index contributed by atoms with van der Waals surface area (Å²) in [4.78, 5) is 16.1. The minimum Gasteiger partial charge on any atom is -0.454 e. The van der Waals surface area contributed by atoms with Crippen molar-refractivity contribution < 1.29 is 9.47 Å². The first-order valence-corrected chi connectivity index (χ1v) is 9.98. The maximum Gasteiger partial charge on any atom is 0.359 e. The van der Waals surface area contributed by atoms with Crippen molar-refractivity contribution in [2.24, 2.45) is 12.1 Å². The van der Waals surface area contributed by atoms with Gasteiger partial charge in [-0.3, -0.25) is 0 Å². The first-order chi connectivity index (χ1) is 14.0. The van der Waals surface area contributed by atoms with Gasteiger partial charge in [0.05, 0.1) is 11.8 Å². The van der Waals surface area contributed by atoms with Gasteiger partial charge in [0.1, 0.15) is 0 Å². The Labute approximate surface area is 171 Å². The second-order valence-corrected chi connectivity index (χ2v) is 8.19. The van der Waals surface area contributed by atoms with Gasteiger partial charge in [0.25, 0.3) is 0 Å². The molecular weight excluding hydrogens is 390 g/mol. The molecule has 1 atom stereocenters. The summed E-state index contributed by atoms with van der Waals surface area (Å²) < 4.78 is 12.7. The molecule has 5 rings (SSSR count). The number of benzene rings is 2. The summed E-state index contributed by atoms with van der Waals surface area (Å²) in [6, 6.07) is 11.6. The lowest BCUT2D eigenvalue weighted by Crippen LogP contribution is -2.29. The highest BCUT2D eigenvalue weighted by atomic mass is 32.1. The SMILES string of the molecule is CC1Cc2cc3c(cc2C(c2ccc(N)cc2)=NN1c1nc(=O)n(C)s1)OCO3. The number of anilines is 2. The van der Waals surface area contributed by atoms with Crippen molar-refractivity contribution in [3.8, 4) is 11.5 Å². The molecule has 0 amide bonds. The smallest absolute Gasteiger partial charge is 0.359 e. The normalized spacial score (nSPS) is 17.7. The summed E-state index contributed by atoms with van der Waals surface area (Å²) in [5, 5.41) is 7.34. The monoisotopic (exact) mass is 409 g/mol. The number of aryl methyl sites for hydroxylation is 1. The van der Waals surface area contributed by atoms with Gasteiger partial charge in [0.15, 0.2) is 11.5 Å². The number of nitrogens with two attached hydrogens (primary N) is 1. The van der Waals surface area contributed by atoms with Crippen LogP contribution in [0.15, 0.2) is 46.3 Å². The molecule has 3 heterocycles. The Balaban J connectivity index is 1.72. The molecule has 2 aromatic carbocycles. The second kappa shape index (κ2) is 6.63. The Morgan fingerprint density at radius 1 is 1.17 bits per heavy atom. The number of hydrazone groups is 1. The van der Waals surface area contributed by atoms with Crippen molar-refractivity contribution in [2.45, 2.75) is 19.4 Å². The van der Waals surface area contributed by atoms with Crippen LogP contribution in [0.3, 0.4) is 0 Å². The molecule has 29 heavy (non-hydrogen) atoms. The first kappa shape index (κ1) is 17.7. The molecule has 148 valence electrons. The van der Waals surface area contributed by atoms with Crippen LogP contribution in [-0.2, 0) is 13.5 Å². The van der Waals surface area contributed by atoms with Crippen LogP contribution in [0, 0.1) is 0 Å². The van der Waals surface area contributed by atoms with Crippen LogP contribution in [0.25, 0.3) is 0 Å². The van der Waals surface area contributed by atoms with E-state index in [0.29, 0.717) is 23.0 Å². The van der Waals surface area contributed by atoms with E-state index in [9.17, 15) is 4.79 Å². The summed E-state index contributed by atoms with van der Waals surface area (Å²) in [5.41, 5.74) is 10.0. The quantitative estimate of drug-likeness (QED) is 0.653. The van der Waals surface area contributed by atoms with Gasteiger partial charge in [0, 0.05) is 23.9 Å². The number of nitrogens with zero attached hydrogens (tertiary/aromatic N) is 4. The Bertz CT molecular complexity index is 1180. The van der Waals surface area contributed by atoms with Crippen molar-refractivity contribution in [1.29, 1.82) is 0 Å². The summed E-state index contributed by atoms with van der Waals surface area (Å²) in [6.07, 6.45) is 0.714. The van der Waals surface area contributed by atoms with Gasteiger partial charge in [-0.15, -0.1) is 0 Å². The van der Waals surface area contributed by atoms with Gasteiger partial charge in [-0.05, 0) is 54.7 Å². The van der Waals surface area contributed by atoms with Gasteiger partial charge >= 0.3 is 5.69 Å². The third kappa shape index (κ3) is 3.03. The van der Waals surface area contributed by atoms with Crippen LogP contribution < -0.4 is 25.9 Å². The van der Waals surface area contributed by atoms with Crippen LogP contribution >= 0.6 is 11.5 Å². The summed E-state index contributed by atoms with van der Waals surface area (Å²) >= 11 is 1.28. The van der Waals surface area contributed by atoms with Gasteiger partial charge in [-0.25, -0.2) is 13.8 Å². The number of fused-ring (bicyclic) bond motifs is 2. The lowest BCUT2D eigenvalue weighted by molar-refractivity contribution is 0.174. The van der Waals surface area contributed by atoms with E-state index in [2.05, 4.69) is 11.9 Å². The van der Waals surface area contributed by atoms with Crippen LogP contribution in [0.1, 0.15) is 23.6 Å². The summed E-state index contributed by atoms with van der Waals surface area (Å²) in [6.45, 7) is 2.28. The third-order valence-electron chi connectivity index (χ3n) is 5.05. The van der Waals surface area contributed by atoms with Crippen LogP contribution in [0.5, 0.6) is 11.5 Å². The third-order valence-corrected chi connectivity index (χ3v) is 5.93. The number of aromatic nitrogens is 2. The largest absolute Gasteiger partial charge is 0.454 e. The van der Waals surface area contributed by atoms with Crippen LogP contribution in [0.4, 0.5) is 10.8 Å². The molecule has 3 aromatic rings. The Kier molecular flexibility index (Phi) is 4.06. The lowest BCUT2D eigenvalue weighted by atomic mass is 9.94. The zero-order valence-corrected chi connectivity index (χ0v) is 16.8. The van der Waals surface area contributed by atoms with E-state index >= 15 is 0 Å². The fourth-order valence-electron chi connectivity index (χ4n) is 3.55. The number of hydrogen-bond donors (Lipinski definition) is 1. The second-order valence-electron chi connectivity index (χ2n) is 7.10. The highest BCUT2D eigenvalue weighted by molar-refractivity contribution is 7.10. The van der Waals surface area contributed by atoms with E-state index in [1.807, 2.05) is 41.4 Å². The highest BCUT2D eigenvalue weighted by Crippen LogP contribution is 2.38. The first-order valence-electron chi connectivity index (χ1n) is 9.20. The maximum absolute atomic E-state index is 12.0. The highest BCUT2D eigenvalue weighted by Gasteiger charge is 2.29. The average molecular weight is 409 g/mol. The molecular formula is C20H19N5O3S. The lowest BCUT2D eigenvalue weighted by Gasteiger charge is -2.21. The van der Waals surface area contributed by atoms with Crippen molar-refractivity contribution >= 4 is 28.1 Å². The Hall–Kier alpha value is -3.33. The van der Waals surface area contributed by atoms with Crippen molar-refractivity contribution in [2.75, 3.05) is 17.5 Å². The van der Waals surface area contributed by atoms with E-state index in [4.69, 9.17) is 20.3 Å². The molecule has 0 bridgehead atoms. The average Bonchev–Trinajstić information content (AvgIpc) is 3.25. The van der Waals surface area contributed by atoms with Gasteiger partial charge in [-0.1, -0.05) is 12.1 Å². The predicted octanol–water partition coefficient (Wildman–Crippen LogP) is 2.36. The Morgan fingerprint density at radius 2 is 1.90 bits per heavy atom. The number of rotatable bonds is 2. The molecule has 0 saturated heterocycles. The number of hydrogen-bond acceptors (Lipinski definition) is 8. The molecule has 9 heteroatoms. The van der Waals surface area contributed by atoms with E-state index in [1.54, 1.807) is 7.05 Å². The topological polar surface area (TPSA) is 95.0 Å². The maximum atomic E-state index is 12.0. The summed E-state index contributed by atoms with van der Waals surface area (Å²) in [5.74, 6) is 1.44. The van der Waals surface area contributed by atoms with Crippen molar-refractivity contribution in [3.05, 3.63) is 63.6 Å². The molecule has 2 aliphatic heterocycles. The van der Waals surface area contributed by atoms with Gasteiger partial charge < -0.3 is 15.2 Å². The number of ether oxygens (including phenoxy) is 2. The molecule has 1 aromatic heterocycles. The zero-order valence-electron chi connectivity index (χ0n) is 16.0. The molecule has 0 saturated carbocycles. The minimum atomic E-state index is -0.288. The standard InChI is InChI=1S/C20H19N5O3S/c1-11-7-13-8-16-17(28-10-27-16)9-15(13)18(12-3-5-14(21)6-4-12)23-25(11)20-22-19(26)24(2)29-20/h3-6,8-9,11H,7,10,21H2,1-2H3. The molecule has 8 nitrogen and oxygen atoms in total. The van der Waals surface area contributed by atoms with Gasteiger partial charge in [0.2, 0.25) is 11.9 Å².